The lowest BCUT2D eigenvalue weighted by Gasteiger charge is -2.22. The van der Waals surface area contributed by atoms with Gasteiger partial charge in [0.1, 0.15) is 11.9 Å². The summed E-state index contributed by atoms with van der Waals surface area (Å²) in [5, 5.41) is 5.59. The van der Waals surface area contributed by atoms with Crippen LogP contribution in [0, 0.1) is 5.92 Å². The molecule has 2 N–H and O–H groups in total. The topological polar surface area (TPSA) is 76.0 Å². The van der Waals surface area contributed by atoms with Gasteiger partial charge in [0.25, 0.3) is 0 Å². The Labute approximate surface area is 131 Å². The zero-order chi connectivity index (χ0) is 15.9. The van der Waals surface area contributed by atoms with E-state index in [2.05, 4.69) is 15.6 Å². The summed E-state index contributed by atoms with van der Waals surface area (Å²) in [6.45, 7) is 2.08. The predicted octanol–water partition coefficient (Wildman–Crippen LogP) is 1.51. The highest BCUT2D eigenvalue weighted by atomic mass is 16.2. The number of carbonyl (C=O) groups is 2. The highest BCUT2D eigenvalue weighted by molar-refractivity contribution is 5.87. The Balaban J connectivity index is 1.71. The van der Waals surface area contributed by atoms with E-state index in [9.17, 15) is 9.59 Å². The van der Waals surface area contributed by atoms with E-state index in [1.807, 2.05) is 17.8 Å². The van der Waals surface area contributed by atoms with E-state index in [4.69, 9.17) is 0 Å². The number of hydrogen-bond donors (Lipinski definition) is 2. The summed E-state index contributed by atoms with van der Waals surface area (Å²) in [5.74, 6) is 1.07. The number of aromatic nitrogens is 2. The van der Waals surface area contributed by atoms with E-state index in [1.54, 1.807) is 13.1 Å². The van der Waals surface area contributed by atoms with E-state index in [0.29, 0.717) is 18.9 Å². The number of carbonyl (C=O) groups excluding carboxylic acids is 2. The molecule has 2 amide bonds. The number of hydrogen-bond acceptors (Lipinski definition) is 3. The molecule has 1 unspecified atom stereocenters. The Morgan fingerprint density at radius 1 is 1.36 bits per heavy atom. The minimum absolute atomic E-state index is 0.0217. The molecule has 1 aromatic heterocycles. The number of rotatable bonds is 6. The standard InChI is InChI=1S/C16H26N4O2/c1-12(16(22)18-11-14-17-8-9-20(14)2)19-15(21)10-13-6-4-3-5-7-13/h8-9,12-13H,3-7,10-11H2,1-2H3,(H,18,22)(H,19,21). The van der Waals surface area contributed by atoms with Gasteiger partial charge in [-0.2, -0.15) is 0 Å². The van der Waals surface area contributed by atoms with E-state index in [-0.39, 0.29) is 11.8 Å². The molecule has 0 radical (unpaired) electrons. The first kappa shape index (κ1) is 16.5. The average Bonchev–Trinajstić information content (AvgIpc) is 2.91. The van der Waals surface area contributed by atoms with Gasteiger partial charge in [0, 0.05) is 25.9 Å². The zero-order valence-corrected chi connectivity index (χ0v) is 13.5. The van der Waals surface area contributed by atoms with Gasteiger partial charge in [-0.05, 0) is 25.7 Å². The number of nitrogens with one attached hydrogen (secondary N) is 2. The van der Waals surface area contributed by atoms with Crippen LogP contribution < -0.4 is 10.6 Å². The van der Waals surface area contributed by atoms with Crippen molar-refractivity contribution in [3.8, 4) is 0 Å². The third-order valence-corrected chi connectivity index (χ3v) is 4.31. The molecular weight excluding hydrogens is 280 g/mol. The highest BCUT2D eigenvalue weighted by Gasteiger charge is 2.20. The van der Waals surface area contributed by atoms with Crippen LogP contribution in [0.25, 0.3) is 0 Å². The smallest absolute Gasteiger partial charge is 0.242 e. The summed E-state index contributed by atoms with van der Waals surface area (Å²) >= 11 is 0. The predicted molar refractivity (Wildman–Crippen MR) is 83.9 cm³/mol. The fourth-order valence-corrected chi connectivity index (χ4v) is 2.91. The molecule has 1 heterocycles. The van der Waals surface area contributed by atoms with Crippen molar-refractivity contribution < 1.29 is 9.59 Å². The molecule has 6 heteroatoms. The van der Waals surface area contributed by atoms with Gasteiger partial charge in [-0.3, -0.25) is 9.59 Å². The lowest BCUT2D eigenvalue weighted by Crippen LogP contribution is -2.45. The summed E-state index contributed by atoms with van der Waals surface area (Å²) < 4.78 is 1.85. The van der Waals surface area contributed by atoms with Crippen LogP contribution >= 0.6 is 0 Å². The van der Waals surface area contributed by atoms with Crippen LogP contribution in [0.15, 0.2) is 12.4 Å². The SMILES string of the molecule is CC(NC(=O)CC1CCCCC1)C(=O)NCc1nccn1C. The normalized spacial score (nSPS) is 17.0. The first-order valence-electron chi connectivity index (χ1n) is 8.09. The number of imidazole rings is 1. The molecule has 122 valence electrons. The van der Waals surface area contributed by atoms with Gasteiger partial charge in [0.2, 0.25) is 11.8 Å². The van der Waals surface area contributed by atoms with Crippen molar-refractivity contribution in [3.63, 3.8) is 0 Å². The second-order valence-corrected chi connectivity index (χ2v) is 6.17. The van der Waals surface area contributed by atoms with Crippen LogP contribution in [0.3, 0.4) is 0 Å². The minimum Gasteiger partial charge on any atom is -0.347 e. The molecule has 1 atom stereocenters. The maximum Gasteiger partial charge on any atom is 0.242 e. The summed E-state index contributed by atoms with van der Waals surface area (Å²) in [7, 11) is 1.88. The minimum atomic E-state index is -0.517. The lowest BCUT2D eigenvalue weighted by atomic mass is 9.87. The van der Waals surface area contributed by atoms with Crippen molar-refractivity contribution in [1.82, 2.24) is 20.2 Å². The Morgan fingerprint density at radius 3 is 2.73 bits per heavy atom. The summed E-state index contributed by atoms with van der Waals surface area (Å²) in [4.78, 5) is 28.2. The molecule has 0 bridgehead atoms. The zero-order valence-electron chi connectivity index (χ0n) is 13.5. The van der Waals surface area contributed by atoms with Gasteiger partial charge in [-0.25, -0.2) is 4.98 Å². The molecule has 0 aliphatic heterocycles. The third-order valence-electron chi connectivity index (χ3n) is 4.31. The van der Waals surface area contributed by atoms with E-state index < -0.39 is 6.04 Å². The van der Waals surface area contributed by atoms with Crippen LogP contribution in [0.4, 0.5) is 0 Å². The first-order chi connectivity index (χ1) is 10.6. The van der Waals surface area contributed by atoms with Gasteiger partial charge in [-0.15, -0.1) is 0 Å². The Morgan fingerprint density at radius 2 is 2.09 bits per heavy atom. The van der Waals surface area contributed by atoms with E-state index >= 15 is 0 Å². The molecule has 1 fully saturated rings. The molecule has 1 aliphatic carbocycles. The molecule has 0 spiro atoms. The van der Waals surface area contributed by atoms with Crippen molar-refractivity contribution in [1.29, 1.82) is 0 Å². The lowest BCUT2D eigenvalue weighted by molar-refractivity contribution is -0.129. The van der Waals surface area contributed by atoms with Crippen LogP contribution in [0.2, 0.25) is 0 Å². The van der Waals surface area contributed by atoms with Gasteiger partial charge in [0.15, 0.2) is 0 Å². The largest absolute Gasteiger partial charge is 0.347 e. The van der Waals surface area contributed by atoms with Gasteiger partial charge in [0.05, 0.1) is 6.54 Å². The molecular formula is C16H26N4O2. The first-order valence-corrected chi connectivity index (χ1v) is 8.09. The van der Waals surface area contributed by atoms with E-state index in [1.165, 1.54) is 19.3 Å². The number of aryl methyl sites for hydroxylation is 1. The van der Waals surface area contributed by atoms with Crippen molar-refractivity contribution in [2.75, 3.05) is 0 Å². The molecule has 1 aliphatic rings. The van der Waals surface area contributed by atoms with Gasteiger partial charge in [-0.1, -0.05) is 19.3 Å². The van der Waals surface area contributed by atoms with Crippen molar-refractivity contribution in [2.24, 2.45) is 13.0 Å². The van der Waals surface area contributed by atoms with Crippen molar-refractivity contribution in [3.05, 3.63) is 18.2 Å². The van der Waals surface area contributed by atoms with Crippen molar-refractivity contribution in [2.45, 2.75) is 58.0 Å². The Hall–Kier alpha value is -1.85. The summed E-state index contributed by atoms with van der Waals surface area (Å²) in [6.07, 6.45) is 10.0. The van der Waals surface area contributed by atoms with Crippen LogP contribution in [-0.4, -0.2) is 27.4 Å². The second-order valence-electron chi connectivity index (χ2n) is 6.17. The fraction of sp³-hybridized carbons (Fsp3) is 0.688. The third kappa shape index (κ3) is 4.86. The maximum absolute atomic E-state index is 12.0. The summed E-state index contributed by atoms with van der Waals surface area (Å²) in [6, 6.07) is -0.517. The quantitative estimate of drug-likeness (QED) is 0.836. The van der Waals surface area contributed by atoms with Crippen molar-refractivity contribution >= 4 is 11.8 Å². The monoisotopic (exact) mass is 306 g/mol. The molecule has 1 saturated carbocycles. The molecule has 1 aromatic rings. The van der Waals surface area contributed by atoms with Crippen LogP contribution in [0.5, 0.6) is 0 Å². The molecule has 0 saturated heterocycles. The molecule has 22 heavy (non-hydrogen) atoms. The van der Waals surface area contributed by atoms with E-state index in [0.717, 1.165) is 18.7 Å². The number of amides is 2. The maximum atomic E-state index is 12.0. The Kier molecular flexibility index (Phi) is 5.98. The Bertz CT molecular complexity index is 506. The highest BCUT2D eigenvalue weighted by Crippen LogP contribution is 2.26. The van der Waals surface area contributed by atoms with Gasteiger partial charge < -0.3 is 15.2 Å². The second kappa shape index (κ2) is 7.96. The fourth-order valence-electron chi connectivity index (χ4n) is 2.91. The van der Waals surface area contributed by atoms with Gasteiger partial charge >= 0.3 is 0 Å². The molecule has 2 rings (SSSR count). The number of nitrogens with zero attached hydrogens (tertiary/aromatic N) is 2. The van der Waals surface area contributed by atoms with Crippen LogP contribution in [-0.2, 0) is 23.2 Å². The molecule has 6 nitrogen and oxygen atoms in total. The summed E-state index contributed by atoms with van der Waals surface area (Å²) in [5.41, 5.74) is 0. The average molecular weight is 306 g/mol. The molecule has 0 aromatic carbocycles. The van der Waals surface area contributed by atoms with Crippen LogP contribution in [0.1, 0.15) is 51.3 Å².